The SMILES string of the molecule is CCOc1ccc(-c2ccc(C(=O)Oc3ccc(C4CCC(OC)CC4)c(F)c3F)cc2)cc1F. The monoisotopic (exact) mass is 484 g/mol. The summed E-state index contributed by atoms with van der Waals surface area (Å²) in [4.78, 5) is 12.6. The van der Waals surface area contributed by atoms with Gasteiger partial charge in [0.25, 0.3) is 0 Å². The molecule has 0 radical (unpaired) electrons. The smallest absolute Gasteiger partial charge is 0.343 e. The van der Waals surface area contributed by atoms with Gasteiger partial charge in [-0.25, -0.2) is 13.6 Å². The lowest BCUT2D eigenvalue weighted by Crippen LogP contribution is -2.20. The van der Waals surface area contributed by atoms with Crippen LogP contribution in [-0.4, -0.2) is 25.8 Å². The molecule has 0 spiro atoms. The molecule has 0 heterocycles. The molecule has 3 aromatic carbocycles. The average Bonchev–Trinajstić information content (AvgIpc) is 2.88. The van der Waals surface area contributed by atoms with Crippen molar-refractivity contribution in [1.29, 1.82) is 0 Å². The van der Waals surface area contributed by atoms with Crippen LogP contribution in [0, 0.1) is 17.5 Å². The number of halogens is 3. The van der Waals surface area contributed by atoms with Gasteiger partial charge in [0.05, 0.1) is 18.3 Å². The maximum atomic E-state index is 14.8. The first kappa shape index (κ1) is 24.8. The molecule has 4 rings (SSSR count). The number of benzene rings is 3. The minimum absolute atomic E-state index is 0.0966. The summed E-state index contributed by atoms with van der Waals surface area (Å²) < 4.78 is 59.4. The van der Waals surface area contributed by atoms with Crippen LogP contribution in [0.2, 0.25) is 0 Å². The molecule has 1 aliphatic carbocycles. The van der Waals surface area contributed by atoms with Crippen LogP contribution in [0.1, 0.15) is 54.4 Å². The van der Waals surface area contributed by atoms with E-state index in [0.29, 0.717) is 36.1 Å². The molecule has 0 bridgehead atoms. The summed E-state index contributed by atoms with van der Waals surface area (Å²) in [5.74, 6) is -3.85. The lowest BCUT2D eigenvalue weighted by atomic mass is 9.82. The second kappa shape index (κ2) is 11.0. The Morgan fingerprint density at radius 2 is 1.51 bits per heavy atom. The molecular formula is C28H27F3O4. The lowest BCUT2D eigenvalue weighted by Gasteiger charge is -2.28. The summed E-state index contributed by atoms with van der Waals surface area (Å²) in [5, 5.41) is 0. The molecule has 0 aromatic heterocycles. The van der Waals surface area contributed by atoms with Crippen molar-refractivity contribution in [2.45, 2.75) is 44.6 Å². The Morgan fingerprint density at radius 1 is 0.857 bits per heavy atom. The standard InChI is InChI=1S/C28H27F3O4/c1-3-34-24-14-10-20(16-23(24)29)17-4-6-19(7-5-17)28(32)35-25-15-13-22(26(30)27(25)31)18-8-11-21(33-2)12-9-18/h4-7,10,13-16,18,21H,3,8-9,11-12H2,1-2H3. The van der Waals surface area contributed by atoms with Crippen molar-refractivity contribution in [3.05, 3.63) is 83.2 Å². The van der Waals surface area contributed by atoms with E-state index in [4.69, 9.17) is 14.2 Å². The summed E-state index contributed by atoms with van der Waals surface area (Å²) in [7, 11) is 1.65. The van der Waals surface area contributed by atoms with Crippen LogP contribution >= 0.6 is 0 Å². The van der Waals surface area contributed by atoms with Gasteiger partial charge in [-0.1, -0.05) is 24.3 Å². The summed E-state index contributed by atoms with van der Waals surface area (Å²) in [5.41, 5.74) is 1.73. The van der Waals surface area contributed by atoms with Crippen molar-refractivity contribution in [2.75, 3.05) is 13.7 Å². The summed E-state index contributed by atoms with van der Waals surface area (Å²) in [6.07, 6.45) is 3.15. The molecule has 0 aliphatic heterocycles. The van der Waals surface area contributed by atoms with Gasteiger partial charge in [0.2, 0.25) is 5.82 Å². The van der Waals surface area contributed by atoms with Gasteiger partial charge in [0.1, 0.15) is 0 Å². The predicted molar refractivity (Wildman–Crippen MR) is 126 cm³/mol. The number of carbonyl (C=O) groups is 1. The van der Waals surface area contributed by atoms with Gasteiger partial charge in [0.15, 0.2) is 23.1 Å². The van der Waals surface area contributed by atoms with E-state index in [-0.39, 0.29) is 23.3 Å². The number of hydrogen-bond donors (Lipinski definition) is 0. The molecule has 1 aliphatic rings. The lowest BCUT2D eigenvalue weighted by molar-refractivity contribution is 0.0653. The van der Waals surface area contributed by atoms with E-state index in [1.54, 1.807) is 38.3 Å². The van der Waals surface area contributed by atoms with Crippen LogP contribution in [0.25, 0.3) is 11.1 Å². The van der Waals surface area contributed by atoms with Gasteiger partial charge < -0.3 is 14.2 Å². The van der Waals surface area contributed by atoms with Crippen LogP contribution < -0.4 is 9.47 Å². The van der Waals surface area contributed by atoms with Crippen molar-refractivity contribution < 1.29 is 32.2 Å². The molecule has 7 heteroatoms. The molecule has 4 nitrogen and oxygen atoms in total. The summed E-state index contributed by atoms with van der Waals surface area (Å²) in [6.45, 7) is 2.13. The Kier molecular flexibility index (Phi) is 7.76. The second-order valence-electron chi connectivity index (χ2n) is 8.54. The van der Waals surface area contributed by atoms with Crippen LogP contribution in [0.15, 0.2) is 54.6 Å². The Bertz CT molecular complexity index is 1190. The van der Waals surface area contributed by atoms with Gasteiger partial charge in [0, 0.05) is 7.11 Å². The minimum atomic E-state index is -1.17. The third-order valence-electron chi connectivity index (χ3n) is 6.41. The fraction of sp³-hybridized carbons (Fsp3) is 0.321. The van der Waals surface area contributed by atoms with E-state index in [1.807, 2.05) is 0 Å². The highest BCUT2D eigenvalue weighted by Crippen LogP contribution is 2.37. The molecule has 1 fully saturated rings. The zero-order valence-corrected chi connectivity index (χ0v) is 19.7. The quantitative estimate of drug-likeness (QED) is 0.266. The Balaban J connectivity index is 1.45. The second-order valence-corrected chi connectivity index (χ2v) is 8.54. The van der Waals surface area contributed by atoms with E-state index in [2.05, 4.69) is 0 Å². The van der Waals surface area contributed by atoms with E-state index in [1.165, 1.54) is 30.3 Å². The highest BCUT2D eigenvalue weighted by molar-refractivity contribution is 5.91. The van der Waals surface area contributed by atoms with Crippen LogP contribution in [0.5, 0.6) is 11.5 Å². The zero-order valence-electron chi connectivity index (χ0n) is 19.7. The summed E-state index contributed by atoms with van der Waals surface area (Å²) >= 11 is 0. The molecular weight excluding hydrogens is 457 g/mol. The fourth-order valence-electron chi connectivity index (χ4n) is 4.46. The topological polar surface area (TPSA) is 44.8 Å². The highest BCUT2D eigenvalue weighted by Gasteiger charge is 2.27. The summed E-state index contributed by atoms with van der Waals surface area (Å²) in [6, 6.07) is 13.6. The molecule has 0 unspecified atom stereocenters. The molecule has 184 valence electrons. The number of esters is 1. The van der Waals surface area contributed by atoms with Gasteiger partial charge in [-0.15, -0.1) is 0 Å². The third-order valence-corrected chi connectivity index (χ3v) is 6.41. The van der Waals surface area contributed by atoms with Crippen molar-refractivity contribution >= 4 is 5.97 Å². The first-order chi connectivity index (χ1) is 16.9. The van der Waals surface area contributed by atoms with Gasteiger partial charge in [-0.2, -0.15) is 4.39 Å². The van der Waals surface area contributed by atoms with E-state index in [9.17, 15) is 18.0 Å². The Labute approximate surface area is 202 Å². The van der Waals surface area contributed by atoms with Crippen LogP contribution in [0.4, 0.5) is 13.2 Å². The molecule has 0 amide bonds. The maximum absolute atomic E-state index is 14.8. The molecule has 35 heavy (non-hydrogen) atoms. The van der Waals surface area contributed by atoms with E-state index in [0.717, 1.165) is 12.8 Å². The number of methoxy groups -OCH3 is 1. The molecule has 3 aromatic rings. The highest BCUT2D eigenvalue weighted by atomic mass is 19.2. The third kappa shape index (κ3) is 5.51. The first-order valence-corrected chi connectivity index (χ1v) is 11.7. The molecule has 0 N–H and O–H groups in total. The number of ether oxygens (including phenoxy) is 3. The predicted octanol–water partition coefficient (Wildman–Crippen LogP) is 7.06. The molecule has 0 saturated heterocycles. The Morgan fingerprint density at radius 3 is 2.14 bits per heavy atom. The minimum Gasteiger partial charge on any atom is -0.491 e. The van der Waals surface area contributed by atoms with Crippen molar-refractivity contribution in [3.8, 4) is 22.6 Å². The average molecular weight is 485 g/mol. The largest absolute Gasteiger partial charge is 0.491 e. The number of carbonyl (C=O) groups excluding carboxylic acids is 1. The molecule has 0 atom stereocenters. The van der Waals surface area contributed by atoms with Crippen LogP contribution in [-0.2, 0) is 4.74 Å². The van der Waals surface area contributed by atoms with Crippen LogP contribution in [0.3, 0.4) is 0 Å². The fourth-order valence-corrected chi connectivity index (χ4v) is 4.46. The van der Waals surface area contributed by atoms with Gasteiger partial charge in [-0.3, -0.25) is 0 Å². The first-order valence-electron chi connectivity index (χ1n) is 11.7. The van der Waals surface area contributed by atoms with Crippen molar-refractivity contribution in [2.24, 2.45) is 0 Å². The van der Waals surface area contributed by atoms with Crippen molar-refractivity contribution in [1.82, 2.24) is 0 Å². The number of rotatable bonds is 7. The maximum Gasteiger partial charge on any atom is 0.343 e. The normalized spacial score (nSPS) is 17.7. The van der Waals surface area contributed by atoms with Crippen molar-refractivity contribution in [3.63, 3.8) is 0 Å². The molecule has 1 saturated carbocycles. The van der Waals surface area contributed by atoms with E-state index < -0.39 is 29.2 Å². The van der Waals surface area contributed by atoms with E-state index >= 15 is 0 Å². The van der Waals surface area contributed by atoms with Gasteiger partial charge in [-0.05, 0) is 85.5 Å². The number of hydrogen-bond acceptors (Lipinski definition) is 4. The Hall–Kier alpha value is -3.32. The zero-order chi connectivity index (χ0) is 24.9. The van der Waals surface area contributed by atoms with Gasteiger partial charge >= 0.3 is 5.97 Å².